The molecule has 182 valence electrons. The van der Waals surface area contributed by atoms with Crippen molar-refractivity contribution in [2.24, 2.45) is 0 Å². The number of nitrogens with one attached hydrogen (secondary N) is 1. The van der Waals surface area contributed by atoms with Crippen molar-refractivity contribution in [3.05, 3.63) is 86.0 Å². The molecule has 4 rings (SSSR count). The molecular weight excluding hydrogens is 476 g/mol. The average molecular weight is 492 g/mol. The lowest BCUT2D eigenvalue weighted by atomic mass is 9.81. The number of hydrogen-bond donors (Lipinski definition) is 3. The summed E-state index contributed by atoms with van der Waals surface area (Å²) in [5, 5.41) is 35.0. The number of fused-ring (bicyclic) bond motifs is 2. The molecule has 0 atom stereocenters. The predicted molar refractivity (Wildman–Crippen MR) is 122 cm³/mol. The van der Waals surface area contributed by atoms with Crippen LogP contribution in [0, 0.1) is 10.1 Å². The number of esters is 2. The number of anilines is 2. The monoisotopic (exact) mass is 492 g/mol. The second-order valence-corrected chi connectivity index (χ2v) is 7.56. The van der Waals surface area contributed by atoms with Crippen molar-refractivity contribution in [1.82, 2.24) is 0 Å². The van der Waals surface area contributed by atoms with Gasteiger partial charge in [-0.15, -0.1) is 0 Å². The van der Waals surface area contributed by atoms with Gasteiger partial charge in [0.15, 0.2) is 0 Å². The van der Waals surface area contributed by atoms with Crippen molar-refractivity contribution in [2.45, 2.75) is 0 Å². The zero-order valence-electron chi connectivity index (χ0n) is 18.6. The molecule has 1 aliphatic rings. The van der Waals surface area contributed by atoms with E-state index in [0.29, 0.717) is 0 Å². The van der Waals surface area contributed by atoms with Crippen LogP contribution < -0.4 is 5.32 Å². The van der Waals surface area contributed by atoms with Crippen LogP contribution in [0.2, 0.25) is 0 Å². The highest BCUT2D eigenvalue weighted by molar-refractivity contribution is 6.33. The van der Waals surface area contributed by atoms with E-state index < -0.39 is 67.9 Å². The van der Waals surface area contributed by atoms with Crippen LogP contribution in [0.15, 0.2) is 42.5 Å². The van der Waals surface area contributed by atoms with E-state index in [1.165, 1.54) is 24.3 Å². The SMILES string of the molecule is COC(=O)c1cc(Nc2ccc(O)c3c2C(=O)c2c([N+](=O)[O-])ccc(O)c2C3=O)cc(C(=O)OC)c1. The molecular formula is C24H16N2O10. The van der Waals surface area contributed by atoms with Gasteiger partial charge in [-0.1, -0.05) is 0 Å². The maximum absolute atomic E-state index is 13.5. The van der Waals surface area contributed by atoms with Crippen molar-refractivity contribution in [3.63, 3.8) is 0 Å². The van der Waals surface area contributed by atoms with E-state index in [1.807, 2.05) is 0 Å². The second-order valence-electron chi connectivity index (χ2n) is 7.56. The first-order chi connectivity index (χ1) is 17.1. The number of ketones is 2. The minimum atomic E-state index is -1.00. The van der Waals surface area contributed by atoms with Gasteiger partial charge in [-0.25, -0.2) is 9.59 Å². The second kappa shape index (κ2) is 8.83. The summed E-state index contributed by atoms with van der Waals surface area (Å²) in [6, 6.07) is 7.98. The van der Waals surface area contributed by atoms with Crippen LogP contribution in [-0.2, 0) is 9.47 Å². The number of ether oxygens (including phenoxy) is 2. The van der Waals surface area contributed by atoms with Gasteiger partial charge in [-0.05, 0) is 36.4 Å². The molecule has 0 aliphatic heterocycles. The molecule has 3 aromatic carbocycles. The van der Waals surface area contributed by atoms with E-state index in [9.17, 15) is 39.5 Å². The Labute approximate surface area is 201 Å². The Hall–Kier alpha value is -5.26. The van der Waals surface area contributed by atoms with Gasteiger partial charge < -0.3 is 25.0 Å². The van der Waals surface area contributed by atoms with Gasteiger partial charge in [-0.3, -0.25) is 19.7 Å². The van der Waals surface area contributed by atoms with Crippen molar-refractivity contribution in [3.8, 4) is 11.5 Å². The summed E-state index contributed by atoms with van der Waals surface area (Å²) in [4.78, 5) is 61.6. The van der Waals surface area contributed by atoms with Crippen molar-refractivity contribution in [2.75, 3.05) is 19.5 Å². The van der Waals surface area contributed by atoms with Gasteiger partial charge in [0.25, 0.3) is 5.69 Å². The number of carbonyl (C=O) groups excluding carboxylic acids is 4. The lowest BCUT2D eigenvalue weighted by molar-refractivity contribution is -0.385. The number of methoxy groups -OCH3 is 2. The lowest BCUT2D eigenvalue weighted by Gasteiger charge is -2.22. The topological polar surface area (TPSA) is 182 Å². The standard InChI is InChI=1S/C24H16N2O10/c1-35-23(31)10-7-11(24(32)36-2)9-12(8-10)25-13-3-5-15(27)19-17(13)21(29)18-14(26(33)34)4-6-16(28)20(18)22(19)30/h3-9,25,27-28H,1-2H3. The van der Waals surface area contributed by atoms with Gasteiger partial charge in [-0.2, -0.15) is 0 Å². The Morgan fingerprint density at radius 1 is 0.806 bits per heavy atom. The fourth-order valence-electron chi connectivity index (χ4n) is 3.93. The number of nitro benzene ring substituents is 1. The molecule has 0 bridgehead atoms. The van der Waals surface area contributed by atoms with Gasteiger partial charge >= 0.3 is 11.9 Å². The summed E-state index contributed by atoms with van der Waals surface area (Å²) in [6.07, 6.45) is 0. The number of phenolic OH excluding ortho intramolecular Hbond substituents is 2. The van der Waals surface area contributed by atoms with Crippen LogP contribution in [0.25, 0.3) is 0 Å². The Balaban J connectivity index is 1.92. The van der Waals surface area contributed by atoms with E-state index in [-0.39, 0.29) is 22.5 Å². The van der Waals surface area contributed by atoms with E-state index in [2.05, 4.69) is 5.32 Å². The summed E-state index contributed by atoms with van der Waals surface area (Å²) in [6.45, 7) is 0. The lowest BCUT2D eigenvalue weighted by Crippen LogP contribution is -2.24. The first kappa shape index (κ1) is 23.9. The van der Waals surface area contributed by atoms with Crippen LogP contribution in [-0.4, -0.2) is 52.9 Å². The molecule has 0 fully saturated rings. The molecule has 3 aromatic rings. The fraction of sp³-hybridized carbons (Fsp3) is 0.0833. The molecule has 0 heterocycles. The number of carbonyl (C=O) groups is 4. The van der Waals surface area contributed by atoms with E-state index in [1.54, 1.807) is 0 Å². The molecule has 0 radical (unpaired) electrons. The van der Waals surface area contributed by atoms with Gasteiger partial charge in [0, 0.05) is 11.8 Å². The van der Waals surface area contributed by atoms with Crippen molar-refractivity contribution < 1.29 is 43.8 Å². The summed E-state index contributed by atoms with van der Waals surface area (Å²) in [5.74, 6) is -4.81. The summed E-state index contributed by atoms with van der Waals surface area (Å²) >= 11 is 0. The first-order valence-electron chi connectivity index (χ1n) is 10.1. The van der Waals surface area contributed by atoms with Crippen LogP contribution >= 0.6 is 0 Å². The summed E-state index contributed by atoms with van der Waals surface area (Å²) in [7, 11) is 2.28. The largest absolute Gasteiger partial charge is 0.507 e. The fourth-order valence-corrected chi connectivity index (χ4v) is 3.93. The number of benzene rings is 3. The molecule has 36 heavy (non-hydrogen) atoms. The highest BCUT2D eigenvalue weighted by Crippen LogP contribution is 2.43. The quantitative estimate of drug-likeness (QED) is 0.161. The van der Waals surface area contributed by atoms with Crippen molar-refractivity contribution >= 4 is 40.6 Å². The number of rotatable bonds is 5. The Bertz CT molecular complexity index is 1470. The molecule has 12 heteroatoms. The predicted octanol–water partition coefficient (Wildman–Crippen LogP) is 3.10. The zero-order valence-corrected chi connectivity index (χ0v) is 18.6. The van der Waals surface area contributed by atoms with Gasteiger partial charge in [0.05, 0.1) is 52.6 Å². The molecule has 0 aromatic heterocycles. The van der Waals surface area contributed by atoms with E-state index in [0.717, 1.165) is 32.4 Å². The Morgan fingerprint density at radius 3 is 1.83 bits per heavy atom. The first-order valence-corrected chi connectivity index (χ1v) is 10.1. The van der Waals surface area contributed by atoms with Crippen LogP contribution in [0.4, 0.5) is 17.1 Å². The molecule has 0 saturated heterocycles. The van der Waals surface area contributed by atoms with E-state index >= 15 is 0 Å². The Morgan fingerprint density at radius 2 is 1.31 bits per heavy atom. The van der Waals surface area contributed by atoms with E-state index in [4.69, 9.17) is 9.47 Å². The molecule has 12 nitrogen and oxygen atoms in total. The number of hydrogen-bond acceptors (Lipinski definition) is 11. The smallest absolute Gasteiger partial charge is 0.337 e. The third-order valence-corrected chi connectivity index (χ3v) is 5.50. The maximum Gasteiger partial charge on any atom is 0.337 e. The van der Waals surface area contributed by atoms with Crippen LogP contribution in [0.3, 0.4) is 0 Å². The third-order valence-electron chi connectivity index (χ3n) is 5.50. The highest BCUT2D eigenvalue weighted by Gasteiger charge is 2.40. The van der Waals surface area contributed by atoms with Gasteiger partial charge in [0.2, 0.25) is 11.6 Å². The Kier molecular flexibility index (Phi) is 5.86. The number of nitro groups is 1. The molecule has 0 unspecified atom stereocenters. The normalized spacial score (nSPS) is 11.8. The van der Waals surface area contributed by atoms with Crippen LogP contribution in [0.5, 0.6) is 11.5 Å². The van der Waals surface area contributed by atoms with Crippen LogP contribution in [0.1, 0.15) is 52.6 Å². The third kappa shape index (κ3) is 3.76. The molecule has 0 amide bonds. The summed E-state index contributed by atoms with van der Waals surface area (Å²) < 4.78 is 9.39. The zero-order chi connectivity index (χ0) is 26.3. The molecule has 3 N–H and O–H groups in total. The molecule has 0 saturated carbocycles. The average Bonchev–Trinajstić information content (AvgIpc) is 2.86. The number of phenols is 2. The van der Waals surface area contributed by atoms with Gasteiger partial charge in [0.1, 0.15) is 17.1 Å². The number of nitrogens with zero attached hydrogens (tertiary/aromatic N) is 1. The maximum atomic E-state index is 13.5. The number of aromatic hydroxyl groups is 2. The van der Waals surface area contributed by atoms with Crippen molar-refractivity contribution in [1.29, 1.82) is 0 Å². The minimum absolute atomic E-state index is 0.0381. The minimum Gasteiger partial charge on any atom is -0.507 e. The summed E-state index contributed by atoms with van der Waals surface area (Å²) in [5.41, 5.74) is -2.87. The molecule has 1 aliphatic carbocycles. The molecule has 0 spiro atoms. The highest BCUT2D eigenvalue weighted by atomic mass is 16.6.